The fourth-order valence-corrected chi connectivity index (χ4v) is 3.44. The predicted octanol–water partition coefficient (Wildman–Crippen LogP) is 2.59. The van der Waals surface area contributed by atoms with Gasteiger partial charge < -0.3 is 15.5 Å². The van der Waals surface area contributed by atoms with Crippen LogP contribution < -0.4 is 10.6 Å². The van der Waals surface area contributed by atoms with E-state index in [0.29, 0.717) is 12.6 Å². The standard InChI is InChI=1S/C14H23N3OS/c1-17(2)12(13-8-5-9-19-13)10-15-14(18)16-11-6-3-4-7-11/h5,8-9,11-12H,3-4,6-7,10H2,1-2H3,(H2,15,16,18). The molecular formula is C14H23N3OS. The molecule has 1 heterocycles. The maximum atomic E-state index is 11.9. The van der Waals surface area contributed by atoms with Gasteiger partial charge in [0.15, 0.2) is 0 Å². The minimum atomic E-state index is -0.0321. The van der Waals surface area contributed by atoms with E-state index in [-0.39, 0.29) is 12.1 Å². The summed E-state index contributed by atoms with van der Waals surface area (Å²) in [4.78, 5) is 15.3. The van der Waals surface area contributed by atoms with E-state index in [1.807, 2.05) is 14.1 Å². The van der Waals surface area contributed by atoms with Gasteiger partial charge in [-0.25, -0.2) is 4.79 Å². The van der Waals surface area contributed by atoms with Gasteiger partial charge in [-0.3, -0.25) is 0 Å². The number of nitrogens with zero attached hydrogens (tertiary/aromatic N) is 1. The number of rotatable bonds is 5. The van der Waals surface area contributed by atoms with Gasteiger partial charge in [-0.05, 0) is 38.4 Å². The average Bonchev–Trinajstić information content (AvgIpc) is 3.01. The molecule has 1 atom stereocenters. The van der Waals surface area contributed by atoms with E-state index in [4.69, 9.17) is 0 Å². The van der Waals surface area contributed by atoms with Gasteiger partial charge in [0.05, 0.1) is 6.04 Å². The van der Waals surface area contributed by atoms with Gasteiger partial charge in [0, 0.05) is 17.5 Å². The molecule has 0 aromatic carbocycles. The Morgan fingerprint density at radius 1 is 1.47 bits per heavy atom. The molecule has 1 aliphatic rings. The highest BCUT2D eigenvalue weighted by atomic mass is 32.1. The number of carbonyl (C=O) groups excluding carboxylic acids is 1. The number of amides is 2. The first-order valence-corrected chi connectivity index (χ1v) is 7.79. The van der Waals surface area contributed by atoms with Crippen LogP contribution in [0.5, 0.6) is 0 Å². The van der Waals surface area contributed by atoms with Crippen LogP contribution in [0.4, 0.5) is 4.79 Å². The molecule has 0 bridgehead atoms. The van der Waals surface area contributed by atoms with E-state index in [1.165, 1.54) is 17.7 Å². The topological polar surface area (TPSA) is 44.4 Å². The lowest BCUT2D eigenvalue weighted by atomic mass is 10.2. The number of hydrogen-bond acceptors (Lipinski definition) is 3. The Bertz CT molecular complexity index is 385. The van der Waals surface area contributed by atoms with Crippen molar-refractivity contribution in [2.24, 2.45) is 0 Å². The fraction of sp³-hybridized carbons (Fsp3) is 0.643. The summed E-state index contributed by atoms with van der Waals surface area (Å²) < 4.78 is 0. The third-order valence-corrected chi connectivity index (χ3v) is 4.61. The molecule has 0 saturated heterocycles. The minimum absolute atomic E-state index is 0.0321. The van der Waals surface area contributed by atoms with Crippen molar-refractivity contribution in [3.8, 4) is 0 Å². The molecule has 0 aliphatic heterocycles. The van der Waals surface area contributed by atoms with Gasteiger partial charge in [0.1, 0.15) is 0 Å². The Morgan fingerprint density at radius 2 is 2.21 bits per heavy atom. The summed E-state index contributed by atoms with van der Waals surface area (Å²) in [6.07, 6.45) is 4.71. The monoisotopic (exact) mass is 281 g/mol. The summed E-state index contributed by atoms with van der Waals surface area (Å²) in [5, 5.41) is 8.12. The zero-order chi connectivity index (χ0) is 13.7. The Kier molecular flexibility index (Phi) is 5.22. The maximum Gasteiger partial charge on any atom is 0.315 e. The van der Waals surface area contributed by atoms with Gasteiger partial charge in [0.2, 0.25) is 0 Å². The second kappa shape index (κ2) is 6.91. The molecule has 2 N–H and O–H groups in total. The number of thiophene rings is 1. The van der Waals surface area contributed by atoms with E-state index in [0.717, 1.165) is 12.8 Å². The number of nitrogens with one attached hydrogen (secondary N) is 2. The highest BCUT2D eigenvalue weighted by Gasteiger charge is 2.19. The molecule has 5 heteroatoms. The average molecular weight is 281 g/mol. The molecule has 4 nitrogen and oxygen atoms in total. The van der Waals surface area contributed by atoms with Crippen LogP contribution in [0.1, 0.15) is 36.6 Å². The van der Waals surface area contributed by atoms with Crippen molar-refractivity contribution < 1.29 is 4.79 Å². The molecular weight excluding hydrogens is 258 g/mol. The number of carbonyl (C=O) groups is 1. The SMILES string of the molecule is CN(C)C(CNC(=O)NC1CCCC1)c1cccs1. The van der Waals surface area contributed by atoms with Crippen molar-refractivity contribution in [1.82, 2.24) is 15.5 Å². The highest BCUT2D eigenvalue weighted by Crippen LogP contribution is 2.22. The van der Waals surface area contributed by atoms with Crippen LogP contribution in [0.25, 0.3) is 0 Å². The summed E-state index contributed by atoms with van der Waals surface area (Å²) in [7, 11) is 4.09. The maximum absolute atomic E-state index is 11.9. The van der Waals surface area contributed by atoms with Crippen molar-refractivity contribution in [3.63, 3.8) is 0 Å². The summed E-state index contributed by atoms with van der Waals surface area (Å²) >= 11 is 1.73. The zero-order valence-electron chi connectivity index (χ0n) is 11.7. The van der Waals surface area contributed by atoms with Crippen molar-refractivity contribution >= 4 is 17.4 Å². The van der Waals surface area contributed by atoms with Gasteiger partial charge in [0.25, 0.3) is 0 Å². The van der Waals surface area contributed by atoms with Gasteiger partial charge >= 0.3 is 6.03 Å². The van der Waals surface area contributed by atoms with Crippen molar-refractivity contribution in [3.05, 3.63) is 22.4 Å². The largest absolute Gasteiger partial charge is 0.336 e. The number of likely N-dealkylation sites (N-methyl/N-ethyl adjacent to an activating group) is 1. The van der Waals surface area contributed by atoms with Crippen LogP contribution in [-0.2, 0) is 0 Å². The third-order valence-electron chi connectivity index (χ3n) is 3.64. The fourth-order valence-electron chi connectivity index (χ4n) is 2.51. The predicted molar refractivity (Wildman–Crippen MR) is 79.5 cm³/mol. The normalized spacial score (nSPS) is 17.6. The minimum Gasteiger partial charge on any atom is -0.336 e. The first kappa shape index (κ1) is 14.3. The Hall–Kier alpha value is -1.07. The molecule has 1 aromatic rings. The molecule has 2 rings (SSSR count). The smallest absolute Gasteiger partial charge is 0.315 e. The van der Waals surface area contributed by atoms with Gasteiger partial charge in [-0.1, -0.05) is 18.9 Å². The van der Waals surface area contributed by atoms with Gasteiger partial charge in [-0.2, -0.15) is 0 Å². The lowest BCUT2D eigenvalue weighted by Crippen LogP contribution is -2.43. The highest BCUT2D eigenvalue weighted by molar-refractivity contribution is 7.10. The van der Waals surface area contributed by atoms with Crippen molar-refractivity contribution in [1.29, 1.82) is 0 Å². The lowest BCUT2D eigenvalue weighted by molar-refractivity contribution is 0.230. The summed E-state index contributed by atoms with van der Waals surface area (Å²) in [6.45, 7) is 0.645. The molecule has 0 spiro atoms. The third kappa shape index (κ3) is 4.21. The molecule has 19 heavy (non-hydrogen) atoms. The van der Waals surface area contributed by atoms with Crippen LogP contribution in [-0.4, -0.2) is 37.6 Å². The molecule has 2 amide bonds. The zero-order valence-corrected chi connectivity index (χ0v) is 12.5. The van der Waals surface area contributed by atoms with E-state index >= 15 is 0 Å². The van der Waals surface area contributed by atoms with Crippen LogP contribution in [0.3, 0.4) is 0 Å². The number of hydrogen-bond donors (Lipinski definition) is 2. The van der Waals surface area contributed by atoms with E-state index in [2.05, 4.69) is 33.0 Å². The summed E-state index contributed by atoms with van der Waals surface area (Å²) in [5.74, 6) is 0. The first-order valence-electron chi connectivity index (χ1n) is 6.91. The number of urea groups is 1. The second-order valence-corrected chi connectivity index (χ2v) is 6.31. The van der Waals surface area contributed by atoms with Crippen LogP contribution >= 0.6 is 11.3 Å². The van der Waals surface area contributed by atoms with Crippen LogP contribution in [0.15, 0.2) is 17.5 Å². The van der Waals surface area contributed by atoms with E-state index < -0.39 is 0 Å². The molecule has 106 valence electrons. The molecule has 1 aliphatic carbocycles. The van der Waals surface area contributed by atoms with Crippen LogP contribution in [0, 0.1) is 0 Å². The second-order valence-electron chi connectivity index (χ2n) is 5.33. The Labute approximate surface area is 119 Å². The van der Waals surface area contributed by atoms with Crippen LogP contribution in [0.2, 0.25) is 0 Å². The molecule has 1 aromatic heterocycles. The Morgan fingerprint density at radius 3 is 2.79 bits per heavy atom. The molecule has 1 saturated carbocycles. The van der Waals surface area contributed by atoms with Crippen molar-refractivity contribution in [2.75, 3.05) is 20.6 Å². The first-order chi connectivity index (χ1) is 9.16. The van der Waals surface area contributed by atoms with Crippen molar-refractivity contribution in [2.45, 2.75) is 37.8 Å². The van der Waals surface area contributed by atoms with E-state index in [9.17, 15) is 4.79 Å². The molecule has 0 radical (unpaired) electrons. The summed E-state index contributed by atoms with van der Waals surface area (Å²) in [5.41, 5.74) is 0. The summed E-state index contributed by atoms with van der Waals surface area (Å²) in [6, 6.07) is 4.75. The molecule has 1 fully saturated rings. The lowest BCUT2D eigenvalue weighted by Gasteiger charge is -2.24. The Balaban J connectivity index is 1.80. The quantitative estimate of drug-likeness (QED) is 0.871. The molecule has 1 unspecified atom stereocenters. The van der Waals surface area contributed by atoms with E-state index in [1.54, 1.807) is 11.3 Å². The van der Waals surface area contributed by atoms with Gasteiger partial charge in [-0.15, -0.1) is 11.3 Å².